The molecule has 0 saturated carbocycles. The molecule has 0 radical (unpaired) electrons. The summed E-state index contributed by atoms with van der Waals surface area (Å²) in [6, 6.07) is 14.1. The summed E-state index contributed by atoms with van der Waals surface area (Å²) in [4.78, 5) is 28.0. The van der Waals surface area contributed by atoms with Crippen LogP contribution in [0.25, 0.3) is 10.6 Å². The Balaban J connectivity index is 1.95. The SMILES string of the molecule is CCN(C(=O)C(C)n1nc(-c2cccs2)ccc1=O)c1cccc(C)c1. The van der Waals surface area contributed by atoms with Crippen molar-refractivity contribution in [1.29, 1.82) is 0 Å². The van der Waals surface area contributed by atoms with Crippen molar-refractivity contribution >= 4 is 22.9 Å². The minimum Gasteiger partial charge on any atom is -0.311 e. The molecule has 2 heterocycles. The van der Waals surface area contributed by atoms with Crippen molar-refractivity contribution in [3.8, 4) is 10.6 Å². The second-order valence-electron chi connectivity index (χ2n) is 6.08. The number of anilines is 1. The molecule has 0 spiro atoms. The molecule has 1 unspecified atom stereocenters. The maximum atomic E-state index is 13.1. The van der Waals surface area contributed by atoms with Crippen LogP contribution in [0.2, 0.25) is 0 Å². The number of aromatic nitrogens is 2. The van der Waals surface area contributed by atoms with E-state index in [0.717, 1.165) is 16.1 Å². The number of carbonyl (C=O) groups excluding carboxylic acids is 1. The number of aryl methyl sites for hydroxylation is 1. The Morgan fingerprint density at radius 1 is 1.23 bits per heavy atom. The fourth-order valence-electron chi connectivity index (χ4n) is 2.85. The highest BCUT2D eigenvalue weighted by Crippen LogP contribution is 2.23. The van der Waals surface area contributed by atoms with E-state index in [9.17, 15) is 9.59 Å². The lowest BCUT2D eigenvalue weighted by Crippen LogP contribution is -2.40. The number of benzene rings is 1. The average Bonchev–Trinajstić information content (AvgIpc) is 3.17. The van der Waals surface area contributed by atoms with Gasteiger partial charge in [0.25, 0.3) is 11.5 Å². The van der Waals surface area contributed by atoms with E-state index in [4.69, 9.17) is 0 Å². The van der Waals surface area contributed by atoms with Gasteiger partial charge in [0.05, 0.1) is 4.88 Å². The zero-order valence-corrected chi connectivity index (χ0v) is 15.9. The molecular weight excluding hydrogens is 346 g/mol. The summed E-state index contributed by atoms with van der Waals surface area (Å²) in [6.45, 7) is 6.15. The number of nitrogens with zero attached hydrogens (tertiary/aromatic N) is 3. The molecule has 5 nitrogen and oxygen atoms in total. The summed E-state index contributed by atoms with van der Waals surface area (Å²) < 4.78 is 1.27. The summed E-state index contributed by atoms with van der Waals surface area (Å²) in [6.07, 6.45) is 0. The largest absolute Gasteiger partial charge is 0.311 e. The molecule has 1 aromatic carbocycles. The van der Waals surface area contributed by atoms with Crippen molar-refractivity contribution in [2.24, 2.45) is 0 Å². The van der Waals surface area contributed by atoms with Gasteiger partial charge in [0, 0.05) is 18.3 Å². The summed E-state index contributed by atoms with van der Waals surface area (Å²) >= 11 is 1.55. The molecule has 0 fully saturated rings. The molecule has 0 bridgehead atoms. The fourth-order valence-corrected chi connectivity index (χ4v) is 3.54. The van der Waals surface area contributed by atoms with Crippen molar-refractivity contribution in [2.75, 3.05) is 11.4 Å². The van der Waals surface area contributed by atoms with Gasteiger partial charge in [-0.2, -0.15) is 5.10 Å². The fraction of sp³-hybridized carbons (Fsp3) is 0.250. The highest BCUT2D eigenvalue weighted by Gasteiger charge is 2.24. The van der Waals surface area contributed by atoms with E-state index in [-0.39, 0.29) is 11.5 Å². The minimum absolute atomic E-state index is 0.156. The lowest BCUT2D eigenvalue weighted by atomic mass is 10.2. The number of amides is 1. The first-order valence-corrected chi connectivity index (χ1v) is 9.41. The van der Waals surface area contributed by atoms with Crippen LogP contribution in [0.1, 0.15) is 25.5 Å². The molecule has 6 heteroatoms. The second-order valence-corrected chi connectivity index (χ2v) is 7.02. The summed E-state index contributed by atoms with van der Waals surface area (Å²) in [5, 5.41) is 6.39. The van der Waals surface area contributed by atoms with Gasteiger partial charge in [0.1, 0.15) is 11.7 Å². The van der Waals surface area contributed by atoms with Crippen LogP contribution >= 0.6 is 11.3 Å². The van der Waals surface area contributed by atoms with Crippen LogP contribution in [0, 0.1) is 6.92 Å². The standard InChI is InChI=1S/C20H21N3O2S/c1-4-22(16-8-5-7-14(2)13-16)20(25)15(3)23-19(24)11-10-17(21-23)18-9-6-12-26-18/h5-13,15H,4H2,1-3H3. The molecule has 1 amide bonds. The first-order valence-electron chi connectivity index (χ1n) is 8.53. The normalized spacial score (nSPS) is 12.0. The predicted octanol–water partition coefficient (Wildman–Crippen LogP) is 3.89. The van der Waals surface area contributed by atoms with Gasteiger partial charge >= 0.3 is 0 Å². The van der Waals surface area contributed by atoms with Crippen LogP contribution in [0.5, 0.6) is 0 Å². The number of likely N-dealkylation sites (N-methyl/N-ethyl adjacent to an activating group) is 1. The topological polar surface area (TPSA) is 55.2 Å². The van der Waals surface area contributed by atoms with Gasteiger partial charge in [0.15, 0.2) is 0 Å². The maximum absolute atomic E-state index is 13.1. The third-order valence-electron chi connectivity index (χ3n) is 4.22. The molecule has 3 aromatic rings. The number of thiophene rings is 1. The molecule has 0 N–H and O–H groups in total. The number of rotatable bonds is 5. The van der Waals surface area contributed by atoms with E-state index < -0.39 is 6.04 Å². The number of hydrogen-bond acceptors (Lipinski definition) is 4. The Morgan fingerprint density at radius 3 is 2.69 bits per heavy atom. The van der Waals surface area contributed by atoms with E-state index in [0.29, 0.717) is 12.2 Å². The van der Waals surface area contributed by atoms with Crippen LogP contribution in [0.3, 0.4) is 0 Å². The summed E-state index contributed by atoms with van der Waals surface area (Å²) in [5.74, 6) is -0.156. The highest BCUT2D eigenvalue weighted by molar-refractivity contribution is 7.13. The lowest BCUT2D eigenvalue weighted by Gasteiger charge is -2.25. The van der Waals surface area contributed by atoms with Crippen LogP contribution in [-0.4, -0.2) is 22.2 Å². The molecule has 0 aliphatic carbocycles. The molecule has 3 rings (SSSR count). The van der Waals surface area contributed by atoms with E-state index >= 15 is 0 Å². The Kier molecular flexibility index (Phi) is 5.32. The van der Waals surface area contributed by atoms with Crippen molar-refractivity contribution < 1.29 is 4.79 Å². The maximum Gasteiger partial charge on any atom is 0.267 e. The molecule has 26 heavy (non-hydrogen) atoms. The molecule has 2 aromatic heterocycles. The minimum atomic E-state index is -0.692. The average molecular weight is 367 g/mol. The zero-order chi connectivity index (χ0) is 18.7. The van der Waals surface area contributed by atoms with Crippen LogP contribution < -0.4 is 10.5 Å². The molecule has 1 atom stereocenters. The first-order chi connectivity index (χ1) is 12.5. The van der Waals surface area contributed by atoms with Crippen molar-refractivity contribution in [1.82, 2.24) is 9.78 Å². The Labute approximate surface area is 156 Å². The predicted molar refractivity (Wildman–Crippen MR) is 106 cm³/mol. The van der Waals surface area contributed by atoms with Crippen molar-refractivity contribution in [3.05, 3.63) is 69.8 Å². The molecule has 0 saturated heterocycles. The molecule has 0 aliphatic rings. The Hall–Kier alpha value is -2.73. The molecule has 134 valence electrons. The van der Waals surface area contributed by atoms with Crippen LogP contribution in [0.15, 0.2) is 58.7 Å². The van der Waals surface area contributed by atoms with Crippen molar-refractivity contribution in [3.63, 3.8) is 0 Å². The van der Waals surface area contributed by atoms with Crippen molar-refractivity contribution in [2.45, 2.75) is 26.8 Å². The van der Waals surface area contributed by atoms with E-state index in [2.05, 4.69) is 5.10 Å². The van der Waals surface area contributed by atoms with E-state index in [1.165, 1.54) is 10.7 Å². The van der Waals surface area contributed by atoms with E-state index in [1.54, 1.807) is 29.2 Å². The third-order valence-corrected chi connectivity index (χ3v) is 5.11. The van der Waals surface area contributed by atoms with Gasteiger partial charge in [-0.3, -0.25) is 9.59 Å². The van der Waals surface area contributed by atoms with Gasteiger partial charge in [0.2, 0.25) is 0 Å². The molecular formula is C20H21N3O2S. The van der Waals surface area contributed by atoms with Gasteiger partial charge in [-0.05, 0) is 56.0 Å². The summed E-state index contributed by atoms with van der Waals surface area (Å²) in [5.41, 5.74) is 2.31. The number of carbonyl (C=O) groups is 1. The van der Waals surface area contributed by atoms with E-state index in [1.807, 2.05) is 55.6 Å². The van der Waals surface area contributed by atoms with Gasteiger partial charge in [-0.25, -0.2) is 4.68 Å². The quantitative estimate of drug-likeness (QED) is 0.687. The second kappa shape index (κ2) is 7.66. The lowest BCUT2D eigenvalue weighted by molar-refractivity contribution is -0.121. The van der Waals surface area contributed by atoms with Gasteiger partial charge in [-0.15, -0.1) is 11.3 Å². The van der Waals surface area contributed by atoms with Crippen LogP contribution in [-0.2, 0) is 4.79 Å². The van der Waals surface area contributed by atoms with Gasteiger partial charge < -0.3 is 4.90 Å². The third kappa shape index (κ3) is 3.60. The van der Waals surface area contributed by atoms with Gasteiger partial charge in [-0.1, -0.05) is 18.2 Å². The first kappa shape index (κ1) is 18.1. The molecule has 0 aliphatic heterocycles. The summed E-state index contributed by atoms with van der Waals surface area (Å²) in [7, 11) is 0. The van der Waals surface area contributed by atoms with Crippen LogP contribution in [0.4, 0.5) is 5.69 Å². The zero-order valence-electron chi connectivity index (χ0n) is 15.0. The monoisotopic (exact) mass is 367 g/mol. The Morgan fingerprint density at radius 2 is 2.04 bits per heavy atom. The smallest absolute Gasteiger partial charge is 0.267 e. The Bertz CT molecular complexity index is 963. The number of hydrogen-bond donors (Lipinski definition) is 0. The highest BCUT2D eigenvalue weighted by atomic mass is 32.1.